The summed E-state index contributed by atoms with van der Waals surface area (Å²) in [5, 5.41) is 11.1. The van der Waals surface area contributed by atoms with E-state index in [9.17, 15) is 18.3 Å². The van der Waals surface area contributed by atoms with E-state index in [-0.39, 0.29) is 11.3 Å². The predicted octanol–water partition coefficient (Wildman–Crippen LogP) is 2.80. The first-order valence-electron chi connectivity index (χ1n) is 8.80. The van der Waals surface area contributed by atoms with Crippen LogP contribution in [0, 0.1) is 11.3 Å². The smallest absolute Gasteiger partial charge is 0.383 e. The molecule has 8 heteroatoms. The Balaban J connectivity index is 1.22. The van der Waals surface area contributed by atoms with Crippen LogP contribution in [0.2, 0.25) is 0 Å². The Morgan fingerprint density at radius 3 is 2.58 bits per heavy atom. The van der Waals surface area contributed by atoms with Crippen molar-refractivity contribution < 1.29 is 18.3 Å². The molecule has 2 aromatic heterocycles. The van der Waals surface area contributed by atoms with Crippen LogP contribution in [0.4, 0.5) is 18.9 Å². The Kier molecular flexibility index (Phi) is 3.10. The van der Waals surface area contributed by atoms with E-state index >= 15 is 0 Å². The minimum absolute atomic E-state index is 0.177. The molecule has 2 aromatic rings. The number of fused-ring (bicyclic) bond motifs is 1. The molecule has 1 atom stereocenters. The molecule has 1 N–H and O–H groups in total. The zero-order valence-electron chi connectivity index (χ0n) is 14.1. The van der Waals surface area contributed by atoms with Crippen molar-refractivity contribution in [1.29, 1.82) is 0 Å². The average Bonchev–Trinajstić information content (AvgIpc) is 3.09. The lowest BCUT2D eigenvalue weighted by molar-refractivity contribution is -0.141. The molecule has 1 saturated heterocycles. The van der Waals surface area contributed by atoms with Crippen molar-refractivity contribution in [2.45, 2.75) is 37.6 Å². The number of aryl methyl sites for hydroxylation is 1. The molecule has 0 aromatic carbocycles. The van der Waals surface area contributed by atoms with Gasteiger partial charge in [0, 0.05) is 31.5 Å². The molecule has 4 heterocycles. The third-order valence-corrected chi connectivity index (χ3v) is 6.38. The second-order valence-electron chi connectivity index (χ2n) is 8.01. The molecule has 26 heavy (non-hydrogen) atoms. The highest BCUT2D eigenvalue weighted by Crippen LogP contribution is 2.59. The third kappa shape index (κ3) is 2.21. The summed E-state index contributed by atoms with van der Waals surface area (Å²) in [6, 6.07) is 2.52. The standard InChI is InChI=1S/C18H19F3N4O/c19-18(20,21)14-2-1-13(7-23-14)25-9-16(10-25)5-12(6-16)17(26)3-4-24-11-22-8-15(17)24/h1-2,7-8,11-12,26H,3-6,9-10H2. The molecule has 1 aliphatic carbocycles. The van der Waals surface area contributed by atoms with Crippen LogP contribution in [-0.2, 0) is 18.3 Å². The number of aromatic nitrogens is 3. The summed E-state index contributed by atoms with van der Waals surface area (Å²) in [7, 11) is 0. The second kappa shape index (κ2) is 5.00. The highest BCUT2D eigenvalue weighted by atomic mass is 19.4. The predicted molar refractivity (Wildman–Crippen MR) is 87.3 cm³/mol. The fraction of sp³-hybridized carbons (Fsp3) is 0.556. The average molecular weight is 364 g/mol. The van der Waals surface area contributed by atoms with Crippen molar-refractivity contribution in [2.75, 3.05) is 18.0 Å². The highest BCUT2D eigenvalue weighted by molar-refractivity contribution is 5.49. The number of nitrogens with zero attached hydrogens (tertiary/aromatic N) is 4. The van der Waals surface area contributed by atoms with Crippen molar-refractivity contribution in [3.63, 3.8) is 0 Å². The van der Waals surface area contributed by atoms with Crippen molar-refractivity contribution >= 4 is 5.69 Å². The van der Waals surface area contributed by atoms with Crippen LogP contribution in [0.25, 0.3) is 0 Å². The van der Waals surface area contributed by atoms with Gasteiger partial charge in [0.05, 0.1) is 30.1 Å². The van der Waals surface area contributed by atoms with Gasteiger partial charge in [-0.2, -0.15) is 13.2 Å². The van der Waals surface area contributed by atoms with Gasteiger partial charge in [-0.15, -0.1) is 0 Å². The molecular weight excluding hydrogens is 345 g/mol. The van der Waals surface area contributed by atoms with Gasteiger partial charge in [0.1, 0.15) is 11.3 Å². The lowest BCUT2D eigenvalue weighted by Gasteiger charge is -2.62. The fourth-order valence-electron chi connectivity index (χ4n) is 4.96. The summed E-state index contributed by atoms with van der Waals surface area (Å²) in [6.45, 7) is 2.43. The first kappa shape index (κ1) is 16.1. The van der Waals surface area contributed by atoms with Gasteiger partial charge >= 0.3 is 6.18 Å². The van der Waals surface area contributed by atoms with Gasteiger partial charge in [0.2, 0.25) is 0 Å². The molecule has 0 amide bonds. The zero-order chi connectivity index (χ0) is 18.2. The number of alkyl halides is 3. The minimum Gasteiger partial charge on any atom is -0.383 e. The summed E-state index contributed by atoms with van der Waals surface area (Å²) in [5.41, 5.74) is 0.180. The van der Waals surface area contributed by atoms with Crippen LogP contribution in [0.15, 0.2) is 30.9 Å². The van der Waals surface area contributed by atoms with Gasteiger partial charge in [-0.1, -0.05) is 0 Å². The number of anilines is 1. The van der Waals surface area contributed by atoms with Gasteiger partial charge in [0.25, 0.3) is 0 Å². The summed E-state index contributed by atoms with van der Waals surface area (Å²) in [4.78, 5) is 9.73. The van der Waals surface area contributed by atoms with Crippen LogP contribution in [0.3, 0.4) is 0 Å². The van der Waals surface area contributed by atoms with Crippen LogP contribution in [0.5, 0.6) is 0 Å². The first-order valence-corrected chi connectivity index (χ1v) is 8.80. The van der Waals surface area contributed by atoms with Crippen molar-refractivity contribution in [3.05, 3.63) is 42.2 Å². The minimum atomic E-state index is -4.40. The van der Waals surface area contributed by atoms with E-state index in [0.717, 1.165) is 56.3 Å². The number of aliphatic hydroxyl groups is 1. The van der Waals surface area contributed by atoms with Crippen molar-refractivity contribution in [3.8, 4) is 0 Å². The number of hydrogen-bond acceptors (Lipinski definition) is 4. The topological polar surface area (TPSA) is 54.2 Å². The van der Waals surface area contributed by atoms with Gasteiger partial charge in [0.15, 0.2) is 0 Å². The van der Waals surface area contributed by atoms with E-state index in [4.69, 9.17) is 0 Å². The molecule has 1 saturated carbocycles. The number of pyridine rings is 1. The van der Waals surface area contributed by atoms with E-state index in [1.165, 1.54) is 12.3 Å². The summed E-state index contributed by atoms with van der Waals surface area (Å²) in [6.07, 6.45) is 3.05. The van der Waals surface area contributed by atoms with E-state index in [0.29, 0.717) is 0 Å². The van der Waals surface area contributed by atoms with Gasteiger partial charge in [-0.3, -0.25) is 0 Å². The summed E-state index contributed by atoms with van der Waals surface area (Å²) >= 11 is 0. The Hall–Kier alpha value is -2.09. The largest absolute Gasteiger partial charge is 0.433 e. The number of halogens is 3. The Labute approximate surface area is 148 Å². The molecule has 138 valence electrons. The first-order chi connectivity index (χ1) is 12.3. The molecule has 5 nitrogen and oxygen atoms in total. The monoisotopic (exact) mass is 364 g/mol. The van der Waals surface area contributed by atoms with Gasteiger partial charge in [-0.25, -0.2) is 9.97 Å². The number of rotatable bonds is 2. The molecular formula is C18H19F3N4O. The zero-order valence-corrected chi connectivity index (χ0v) is 14.1. The Morgan fingerprint density at radius 1 is 1.15 bits per heavy atom. The van der Waals surface area contributed by atoms with Gasteiger partial charge in [-0.05, 0) is 30.9 Å². The highest BCUT2D eigenvalue weighted by Gasteiger charge is 2.59. The van der Waals surface area contributed by atoms with E-state index in [1.54, 1.807) is 12.5 Å². The van der Waals surface area contributed by atoms with Gasteiger partial charge < -0.3 is 14.6 Å². The summed E-state index contributed by atoms with van der Waals surface area (Å²) in [5.74, 6) is 0.230. The van der Waals surface area contributed by atoms with Crippen molar-refractivity contribution in [2.24, 2.45) is 11.3 Å². The molecule has 2 fully saturated rings. The molecule has 3 aliphatic rings. The van der Waals surface area contributed by atoms with E-state index in [2.05, 4.69) is 14.9 Å². The maximum absolute atomic E-state index is 12.6. The molecule has 0 bridgehead atoms. The maximum Gasteiger partial charge on any atom is 0.433 e. The molecule has 1 spiro atoms. The quantitative estimate of drug-likeness (QED) is 0.890. The molecule has 0 radical (unpaired) electrons. The Morgan fingerprint density at radius 2 is 1.92 bits per heavy atom. The fourth-order valence-corrected chi connectivity index (χ4v) is 4.96. The second-order valence-corrected chi connectivity index (χ2v) is 8.01. The summed E-state index contributed by atoms with van der Waals surface area (Å²) < 4.78 is 39.8. The van der Waals surface area contributed by atoms with Crippen LogP contribution < -0.4 is 4.90 Å². The Bertz CT molecular complexity index is 833. The van der Waals surface area contributed by atoms with Crippen LogP contribution >= 0.6 is 0 Å². The van der Waals surface area contributed by atoms with Crippen LogP contribution in [-0.4, -0.2) is 32.7 Å². The molecule has 1 unspecified atom stereocenters. The maximum atomic E-state index is 12.6. The third-order valence-electron chi connectivity index (χ3n) is 6.38. The molecule has 2 aliphatic heterocycles. The normalized spacial score (nSPS) is 27.3. The SMILES string of the molecule is OC1(C2CC3(C2)CN(c2ccc(C(F)(F)F)nc2)C3)CCn2cncc21. The lowest BCUT2D eigenvalue weighted by atomic mass is 9.53. The van der Waals surface area contributed by atoms with Crippen molar-refractivity contribution in [1.82, 2.24) is 14.5 Å². The van der Waals surface area contributed by atoms with E-state index in [1.807, 2.05) is 4.57 Å². The lowest BCUT2D eigenvalue weighted by Crippen LogP contribution is -2.65. The number of imidazole rings is 1. The van der Waals surface area contributed by atoms with Crippen LogP contribution in [0.1, 0.15) is 30.7 Å². The molecule has 5 rings (SSSR count). The number of hydrogen-bond donors (Lipinski definition) is 1. The van der Waals surface area contributed by atoms with E-state index < -0.39 is 17.5 Å².